The third kappa shape index (κ3) is 6.15. The molecule has 3 amide bonds. The molecule has 2 N–H and O–H groups in total. The monoisotopic (exact) mass is 529 g/mol. The van der Waals surface area contributed by atoms with Crippen molar-refractivity contribution >= 4 is 45.0 Å². The Balaban J connectivity index is 1.26. The number of hydrogen-bond acceptors (Lipinski definition) is 5. The summed E-state index contributed by atoms with van der Waals surface area (Å²) in [6.45, 7) is 3.35. The molecule has 2 saturated heterocycles. The van der Waals surface area contributed by atoms with E-state index in [-0.39, 0.29) is 42.8 Å². The highest BCUT2D eigenvalue weighted by atomic mass is 79.9. The molecule has 9 heteroatoms. The highest BCUT2D eigenvalue weighted by molar-refractivity contribution is 9.10. The largest absolute Gasteiger partial charge is 0.484 e. The third-order valence-corrected chi connectivity index (χ3v) is 6.50. The fourth-order valence-corrected chi connectivity index (χ4v) is 4.60. The first-order valence-corrected chi connectivity index (χ1v) is 12.2. The zero-order valence-corrected chi connectivity index (χ0v) is 20.6. The van der Waals surface area contributed by atoms with Crippen LogP contribution >= 0.6 is 15.9 Å². The van der Waals surface area contributed by atoms with Crippen LogP contribution in [0.2, 0.25) is 0 Å². The molecular formula is C25H28BrN3O5. The minimum atomic E-state index is -0.379. The van der Waals surface area contributed by atoms with E-state index in [0.717, 1.165) is 35.2 Å². The Bertz CT molecular complexity index is 1050. The van der Waals surface area contributed by atoms with E-state index >= 15 is 0 Å². The molecule has 0 unspecified atom stereocenters. The van der Waals surface area contributed by atoms with E-state index in [1.165, 1.54) is 0 Å². The smallest absolute Gasteiger partial charge is 0.262 e. The summed E-state index contributed by atoms with van der Waals surface area (Å²) >= 11 is 3.40. The second kappa shape index (κ2) is 11.0. The number of carbonyl (C=O) groups excluding carboxylic acids is 3. The van der Waals surface area contributed by atoms with Gasteiger partial charge in [-0.05, 0) is 67.8 Å². The zero-order valence-electron chi connectivity index (χ0n) is 19.0. The highest BCUT2D eigenvalue weighted by Crippen LogP contribution is 2.27. The lowest BCUT2D eigenvalue weighted by atomic mass is 10.1. The maximum atomic E-state index is 12.5. The highest BCUT2D eigenvalue weighted by Gasteiger charge is 2.35. The van der Waals surface area contributed by atoms with E-state index in [1.54, 1.807) is 29.2 Å². The third-order valence-electron chi connectivity index (χ3n) is 6.00. The van der Waals surface area contributed by atoms with E-state index in [1.807, 2.05) is 25.1 Å². The van der Waals surface area contributed by atoms with Gasteiger partial charge in [-0.2, -0.15) is 0 Å². The van der Waals surface area contributed by atoms with Crippen LogP contribution in [0.3, 0.4) is 0 Å². The Morgan fingerprint density at radius 2 is 2.00 bits per heavy atom. The Kier molecular flexibility index (Phi) is 7.84. The number of rotatable bonds is 8. The van der Waals surface area contributed by atoms with Gasteiger partial charge in [-0.3, -0.25) is 14.4 Å². The molecule has 0 aliphatic carbocycles. The molecule has 2 aliphatic heterocycles. The van der Waals surface area contributed by atoms with Crippen molar-refractivity contribution in [1.29, 1.82) is 0 Å². The number of aryl methyl sites for hydroxylation is 1. The number of carbonyl (C=O) groups is 3. The van der Waals surface area contributed by atoms with Gasteiger partial charge in [0.25, 0.3) is 5.91 Å². The summed E-state index contributed by atoms with van der Waals surface area (Å²) in [6, 6.07) is 12.6. The summed E-state index contributed by atoms with van der Waals surface area (Å²) in [5.41, 5.74) is 2.37. The molecule has 34 heavy (non-hydrogen) atoms. The van der Waals surface area contributed by atoms with Crippen LogP contribution in [0, 0.1) is 12.8 Å². The van der Waals surface area contributed by atoms with Crippen LogP contribution in [0.5, 0.6) is 5.75 Å². The van der Waals surface area contributed by atoms with Crippen LogP contribution in [-0.2, 0) is 19.1 Å². The molecular weight excluding hydrogens is 502 g/mol. The topological polar surface area (TPSA) is 97.0 Å². The lowest BCUT2D eigenvalue weighted by Crippen LogP contribution is -2.37. The molecule has 2 heterocycles. The average molecular weight is 530 g/mol. The molecule has 0 aromatic heterocycles. The normalized spacial score (nSPS) is 19.8. The minimum absolute atomic E-state index is 0.0747. The maximum Gasteiger partial charge on any atom is 0.262 e. The van der Waals surface area contributed by atoms with E-state index in [0.29, 0.717) is 24.5 Å². The molecule has 0 bridgehead atoms. The first-order chi connectivity index (χ1) is 16.4. The van der Waals surface area contributed by atoms with Crippen molar-refractivity contribution < 1.29 is 23.9 Å². The predicted octanol–water partition coefficient (Wildman–Crippen LogP) is 3.42. The average Bonchev–Trinajstić information content (AvgIpc) is 3.48. The van der Waals surface area contributed by atoms with Crippen LogP contribution in [0.25, 0.3) is 0 Å². The molecule has 2 aliphatic rings. The number of nitrogens with zero attached hydrogens (tertiary/aromatic N) is 1. The van der Waals surface area contributed by atoms with Gasteiger partial charge in [0.2, 0.25) is 11.8 Å². The summed E-state index contributed by atoms with van der Waals surface area (Å²) in [7, 11) is 0. The van der Waals surface area contributed by atoms with Gasteiger partial charge in [0, 0.05) is 42.0 Å². The number of halogens is 1. The Morgan fingerprint density at radius 3 is 2.71 bits per heavy atom. The molecule has 4 rings (SSSR count). The van der Waals surface area contributed by atoms with E-state index in [9.17, 15) is 14.4 Å². The van der Waals surface area contributed by atoms with E-state index in [4.69, 9.17) is 9.47 Å². The lowest BCUT2D eigenvalue weighted by Gasteiger charge is -2.18. The van der Waals surface area contributed by atoms with Crippen LogP contribution < -0.4 is 20.3 Å². The fourth-order valence-electron chi connectivity index (χ4n) is 4.12. The Hall–Kier alpha value is -2.91. The van der Waals surface area contributed by atoms with Crippen molar-refractivity contribution in [3.63, 3.8) is 0 Å². The Morgan fingerprint density at radius 1 is 1.21 bits per heavy atom. The lowest BCUT2D eigenvalue weighted by molar-refractivity contribution is -0.126. The van der Waals surface area contributed by atoms with Crippen molar-refractivity contribution in [3.8, 4) is 5.75 Å². The number of amides is 3. The number of nitrogens with one attached hydrogen (secondary N) is 2. The van der Waals surface area contributed by atoms with Gasteiger partial charge < -0.3 is 25.0 Å². The number of ether oxygens (including phenoxy) is 2. The molecule has 2 fully saturated rings. The summed E-state index contributed by atoms with van der Waals surface area (Å²) in [4.78, 5) is 38.8. The van der Waals surface area contributed by atoms with Crippen LogP contribution in [0.15, 0.2) is 46.9 Å². The van der Waals surface area contributed by atoms with Crippen molar-refractivity contribution in [2.45, 2.75) is 32.3 Å². The van der Waals surface area contributed by atoms with Gasteiger partial charge in [-0.15, -0.1) is 0 Å². The second-order valence-corrected chi connectivity index (χ2v) is 9.49. The van der Waals surface area contributed by atoms with Gasteiger partial charge in [0.05, 0.1) is 12.0 Å². The Labute approximate surface area is 207 Å². The zero-order chi connectivity index (χ0) is 24.1. The van der Waals surface area contributed by atoms with Crippen molar-refractivity contribution in [3.05, 3.63) is 52.5 Å². The van der Waals surface area contributed by atoms with Gasteiger partial charge in [-0.25, -0.2) is 0 Å². The molecule has 2 atom stereocenters. The first kappa shape index (κ1) is 24.2. The van der Waals surface area contributed by atoms with Gasteiger partial charge in [-0.1, -0.05) is 15.9 Å². The summed E-state index contributed by atoms with van der Waals surface area (Å²) in [5.74, 6) is -0.325. The number of anilines is 2. The standard InChI is InChI=1S/C25H28BrN3O5/c1-16-11-18(26)4-9-22(16)28-23(30)15-34-20-7-5-19(6-8-20)29-14-17(12-24(29)31)25(32)27-13-21-3-2-10-33-21/h4-9,11,17,21H,2-3,10,12-15H2,1H3,(H,27,32)(H,28,30)/t17-,21+/m0/s1. The van der Waals surface area contributed by atoms with E-state index in [2.05, 4.69) is 26.6 Å². The number of benzene rings is 2. The van der Waals surface area contributed by atoms with Crippen LogP contribution in [0.4, 0.5) is 11.4 Å². The van der Waals surface area contributed by atoms with Gasteiger partial charge in [0.15, 0.2) is 6.61 Å². The summed E-state index contributed by atoms with van der Waals surface area (Å²) in [5, 5.41) is 5.75. The molecule has 0 saturated carbocycles. The minimum Gasteiger partial charge on any atom is -0.484 e. The van der Waals surface area contributed by atoms with Gasteiger partial charge in [0.1, 0.15) is 5.75 Å². The van der Waals surface area contributed by atoms with Crippen molar-refractivity contribution in [1.82, 2.24) is 5.32 Å². The molecule has 2 aromatic carbocycles. The summed E-state index contributed by atoms with van der Waals surface area (Å²) in [6.07, 6.45) is 2.23. The molecule has 2 aromatic rings. The molecule has 0 spiro atoms. The maximum absolute atomic E-state index is 12.5. The van der Waals surface area contributed by atoms with Crippen molar-refractivity contribution in [2.24, 2.45) is 5.92 Å². The van der Waals surface area contributed by atoms with Crippen LogP contribution in [0.1, 0.15) is 24.8 Å². The fraction of sp³-hybridized carbons (Fsp3) is 0.400. The SMILES string of the molecule is Cc1cc(Br)ccc1NC(=O)COc1ccc(N2C[C@@H](C(=O)NC[C@H]3CCCO3)CC2=O)cc1. The molecule has 8 nitrogen and oxygen atoms in total. The number of hydrogen-bond donors (Lipinski definition) is 2. The second-order valence-electron chi connectivity index (χ2n) is 8.58. The van der Waals surface area contributed by atoms with Crippen molar-refractivity contribution in [2.75, 3.05) is 36.5 Å². The quantitative estimate of drug-likeness (QED) is 0.546. The van der Waals surface area contributed by atoms with Crippen LogP contribution in [-0.4, -0.2) is 50.1 Å². The van der Waals surface area contributed by atoms with E-state index < -0.39 is 0 Å². The predicted molar refractivity (Wildman–Crippen MR) is 132 cm³/mol. The van der Waals surface area contributed by atoms with Gasteiger partial charge >= 0.3 is 0 Å². The summed E-state index contributed by atoms with van der Waals surface area (Å²) < 4.78 is 12.1. The molecule has 0 radical (unpaired) electrons. The first-order valence-electron chi connectivity index (χ1n) is 11.4. The molecule has 180 valence electrons.